The van der Waals surface area contributed by atoms with E-state index in [0.29, 0.717) is 21.3 Å². The van der Waals surface area contributed by atoms with Crippen molar-refractivity contribution in [2.75, 3.05) is 36.5 Å². The highest BCUT2D eigenvalue weighted by molar-refractivity contribution is 7.13. The molecule has 1 aliphatic rings. The van der Waals surface area contributed by atoms with Crippen molar-refractivity contribution in [2.24, 2.45) is 0 Å². The van der Waals surface area contributed by atoms with E-state index < -0.39 is 0 Å². The van der Waals surface area contributed by atoms with Crippen LogP contribution < -0.4 is 15.0 Å². The van der Waals surface area contributed by atoms with Crippen LogP contribution in [0.25, 0.3) is 0 Å². The van der Waals surface area contributed by atoms with Gasteiger partial charge in [-0.25, -0.2) is 9.37 Å². The van der Waals surface area contributed by atoms with Gasteiger partial charge in [-0.2, -0.15) is 0 Å². The predicted molar refractivity (Wildman–Crippen MR) is 115 cm³/mol. The standard InChI is InChI=1S/C22H22FN3O3S/c1-15-21(30-20(24-15)14-29-19-8-2-16(23)3-9-19)22(27)25-17-4-6-18(7-5-17)26-10-12-28-13-11-26/h2-9H,10-14H2,1H3,(H,25,27). The number of anilines is 2. The molecule has 30 heavy (non-hydrogen) atoms. The Morgan fingerprint density at radius 1 is 1.17 bits per heavy atom. The third-order valence-corrected chi connectivity index (χ3v) is 5.85. The fourth-order valence-electron chi connectivity index (χ4n) is 3.17. The van der Waals surface area contributed by atoms with Crippen LogP contribution in [0.2, 0.25) is 0 Å². The summed E-state index contributed by atoms with van der Waals surface area (Å²) in [5.74, 6) is 0.0390. The van der Waals surface area contributed by atoms with Crippen LogP contribution in [-0.2, 0) is 11.3 Å². The van der Waals surface area contributed by atoms with Gasteiger partial charge in [-0.3, -0.25) is 4.79 Å². The summed E-state index contributed by atoms with van der Waals surface area (Å²) in [6, 6.07) is 13.6. The molecule has 6 nitrogen and oxygen atoms in total. The predicted octanol–water partition coefficient (Wildman–Crippen LogP) is 4.26. The Labute approximate surface area is 178 Å². The van der Waals surface area contributed by atoms with Crippen molar-refractivity contribution in [2.45, 2.75) is 13.5 Å². The summed E-state index contributed by atoms with van der Waals surface area (Å²) in [4.78, 5) is 19.9. The number of carbonyl (C=O) groups is 1. The average molecular weight is 428 g/mol. The Balaban J connectivity index is 1.36. The molecule has 1 amide bonds. The summed E-state index contributed by atoms with van der Waals surface area (Å²) >= 11 is 1.29. The number of hydrogen-bond acceptors (Lipinski definition) is 6. The number of ether oxygens (including phenoxy) is 2. The zero-order valence-corrected chi connectivity index (χ0v) is 17.4. The Hall–Kier alpha value is -2.97. The maximum atomic E-state index is 13.0. The number of morpholine rings is 1. The molecule has 2 aromatic carbocycles. The van der Waals surface area contributed by atoms with Crippen molar-refractivity contribution in [3.63, 3.8) is 0 Å². The molecule has 0 radical (unpaired) electrons. The number of nitrogens with zero attached hydrogens (tertiary/aromatic N) is 2. The lowest BCUT2D eigenvalue weighted by molar-refractivity contribution is 0.103. The number of thiazole rings is 1. The van der Waals surface area contributed by atoms with Gasteiger partial charge in [-0.05, 0) is 55.5 Å². The van der Waals surface area contributed by atoms with Gasteiger partial charge in [0.15, 0.2) is 0 Å². The quantitative estimate of drug-likeness (QED) is 0.637. The van der Waals surface area contributed by atoms with Crippen molar-refractivity contribution in [3.05, 3.63) is 69.9 Å². The molecule has 1 aliphatic heterocycles. The highest BCUT2D eigenvalue weighted by Gasteiger charge is 2.16. The summed E-state index contributed by atoms with van der Waals surface area (Å²) < 4.78 is 24.0. The van der Waals surface area contributed by atoms with Crippen molar-refractivity contribution >= 4 is 28.6 Å². The van der Waals surface area contributed by atoms with Crippen LogP contribution in [0.1, 0.15) is 20.4 Å². The molecule has 1 N–H and O–H groups in total. The molecule has 0 atom stereocenters. The molecule has 0 spiro atoms. The van der Waals surface area contributed by atoms with Gasteiger partial charge in [0.1, 0.15) is 28.1 Å². The maximum Gasteiger partial charge on any atom is 0.267 e. The molecule has 1 fully saturated rings. The van der Waals surface area contributed by atoms with Crippen molar-refractivity contribution in [1.82, 2.24) is 4.98 Å². The number of carbonyl (C=O) groups excluding carboxylic acids is 1. The lowest BCUT2D eigenvalue weighted by Gasteiger charge is -2.28. The zero-order valence-electron chi connectivity index (χ0n) is 16.6. The molecule has 8 heteroatoms. The van der Waals surface area contributed by atoms with Gasteiger partial charge in [0.05, 0.1) is 18.9 Å². The molecule has 0 unspecified atom stereocenters. The van der Waals surface area contributed by atoms with E-state index in [1.807, 2.05) is 24.3 Å². The average Bonchev–Trinajstić information content (AvgIpc) is 3.15. The van der Waals surface area contributed by atoms with Crippen LogP contribution in [0.5, 0.6) is 5.75 Å². The second-order valence-electron chi connectivity index (χ2n) is 6.87. The molecule has 1 saturated heterocycles. The maximum absolute atomic E-state index is 13.0. The van der Waals surface area contributed by atoms with E-state index in [0.717, 1.165) is 37.7 Å². The molecule has 0 aliphatic carbocycles. The van der Waals surface area contributed by atoms with Gasteiger partial charge >= 0.3 is 0 Å². The Bertz CT molecular complexity index is 999. The zero-order chi connectivity index (χ0) is 20.9. The summed E-state index contributed by atoms with van der Waals surface area (Å²) in [7, 11) is 0. The fourth-order valence-corrected chi connectivity index (χ4v) is 4.04. The first kappa shape index (κ1) is 20.3. The minimum absolute atomic E-state index is 0.197. The highest BCUT2D eigenvalue weighted by atomic mass is 32.1. The van der Waals surface area contributed by atoms with Gasteiger partial charge in [-0.15, -0.1) is 11.3 Å². The number of aromatic nitrogens is 1. The Morgan fingerprint density at radius 2 is 1.87 bits per heavy atom. The van der Waals surface area contributed by atoms with E-state index in [9.17, 15) is 9.18 Å². The fraction of sp³-hybridized carbons (Fsp3) is 0.273. The summed E-state index contributed by atoms with van der Waals surface area (Å²) in [6.07, 6.45) is 0. The largest absolute Gasteiger partial charge is 0.486 e. The lowest BCUT2D eigenvalue weighted by Crippen LogP contribution is -2.36. The van der Waals surface area contributed by atoms with Gasteiger partial charge in [0, 0.05) is 24.5 Å². The van der Waals surface area contributed by atoms with E-state index >= 15 is 0 Å². The number of nitrogens with one attached hydrogen (secondary N) is 1. The number of hydrogen-bond donors (Lipinski definition) is 1. The molecule has 1 aromatic heterocycles. The van der Waals surface area contributed by atoms with Crippen molar-refractivity contribution < 1.29 is 18.7 Å². The van der Waals surface area contributed by atoms with Crippen LogP contribution in [0, 0.1) is 12.7 Å². The van der Waals surface area contributed by atoms with Gasteiger partial charge in [-0.1, -0.05) is 0 Å². The lowest BCUT2D eigenvalue weighted by atomic mass is 10.2. The molecule has 2 heterocycles. The minimum Gasteiger partial charge on any atom is -0.486 e. The van der Waals surface area contributed by atoms with E-state index in [1.165, 1.54) is 23.5 Å². The van der Waals surface area contributed by atoms with E-state index in [4.69, 9.17) is 9.47 Å². The number of aryl methyl sites for hydroxylation is 1. The second kappa shape index (κ2) is 9.23. The molecule has 4 rings (SSSR count). The summed E-state index contributed by atoms with van der Waals surface area (Å²) in [6.45, 7) is 5.22. The number of halogens is 1. The smallest absolute Gasteiger partial charge is 0.267 e. The third-order valence-electron chi connectivity index (χ3n) is 4.72. The third kappa shape index (κ3) is 4.95. The first-order chi connectivity index (χ1) is 14.6. The van der Waals surface area contributed by atoms with E-state index in [-0.39, 0.29) is 18.3 Å². The first-order valence-electron chi connectivity index (χ1n) is 9.67. The van der Waals surface area contributed by atoms with E-state index in [2.05, 4.69) is 15.2 Å². The molecular weight excluding hydrogens is 405 g/mol. The highest BCUT2D eigenvalue weighted by Crippen LogP contribution is 2.23. The SMILES string of the molecule is Cc1nc(COc2ccc(F)cc2)sc1C(=O)Nc1ccc(N2CCOCC2)cc1. The van der Waals surface area contributed by atoms with Gasteiger partial charge < -0.3 is 19.7 Å². The van der Waals surface area contributed by atoms with Crippen LogP contribution in [-0.4, -0.2) is 37.2 Å². The van der Waals surface area contributed by atoms with E-state index in [1.54, 1.807) is 19.1 Å². The summed E-state index contributed by atoms with van der Waals surface area (Å²) in [5, 5.41) is 3.61. The Kier molecular flexibility index (Phi) is 6.25. The van der Waals surface area contributed by atoms with Gasteiger partial charge in [0.25, 0.3) is 5.91 Å². The van der Waals surface area contributed by atoms with Crippen molar-refractivity contribution in [3.8, 4) is 5.75 Å². The molecule has 3 aromatic rings. The van der Waals surface area contributed by atoms with Crippen molar-refractivity contribution in [1.29, 1.82) is 0 Å². The van der Waals surface area contributed by atoms with Gasteiger partial charge in [0.2, 0.25) is 0 Å². The first-order valence-corrected chi connectivity index (χ1v) is 10.5. The molecule has 156 valence electrons. The second-order valence-corrected chi connectivity index (χ2v) is 7.95. The molecule has 0 saturated carbocycles. The number of rotatable bonds is 6. The van der Waals surface area contributed by atoms with Crippen LogP contribution >= 0.6 is 11.3 Å². The van der Waals surface area contributed by atoms with Crippen LogP contribution in [0.15, 0.2) is 48.5 Å². The number of amides is 1. The number of benzene rings is 2. The monoisotopic (exact) mass is 427 g/mol. The minimum atomic E-state index is -0.315. The molecular formula is C22H22FN3O3S. The normalized spacial score (nSPS) is 13.9. The Morgan fingerprint density at radius 3 is 2.57 bits per heavy atom. The topological polar surface area (TPSA) is 63.7 Å². The van der Waals surface area contributed by atoms with Crippen LogP contribution in [0.4, 0.5) is 15.8 Å². The molecule has 0 bridgehead atoms. The summed E-state index contributed by atoms with van der Waals surface area (Å²) in [5.41, 5.74) is 2.50. The van der Waals surface area contributed by atoms with Crippen LogP contribution in [0.3, 0.4) is 0 Å².